The minimum atomic E-state index is -4.12. The summed E-state index contributed by atoms with van der Waals surface area (Å²) >= 11 is 0. The fourth-order valence-corrected chi connectivity index (χ4v) is 2.52. The van der Waals surface area contributed by atoms with Crippen LogP contribution in [0.2, 0.25) is 0 Å². The molecule has 0 radical (unpaired) electrons. The number of fused-ring (bicyclic) bond motifs is 1. The van der Waals surface area contributed by atoms with Crippen LogP contribution in [0.5, 0.6) is 0 Å². The van der Waals surface area contributed by atoms with Gasteiger partial charge in [0.1, 0.15) is 6.61 Å². The SMILES string of the molecule is NC(COCC(F)(F)C(F)F)Cc1ccc2c(c1)CCC2. The molecule has 0 aliphatic heterocycles. The van der Waals surface area contributed by atoms with Gasteiger partial charge in [0.15, 0.2) is 0 Å². The summed E-state index contributed by atoms with van der Waals surface area (Å²) in [6.45, 7) is -1.47. The smallest absolute Gasteiger partial charge is 0.330 e. The van der Waals surface area contributed by atoms with Crippen molar-refractivity contribution in [2.24, 2.45) is 5.73 Å². The largest absolute Gasteiger partial charge is 0.373 e. The number of nitrogens with two attached hydrogens (primary N) is 1. The molecule has 1 aromatic rings. The summed E-state index contributed by atoms with van der Waals surface area (Å²) in [5, 5.41) is 0. The van der Waals surface area contributed by atoms with Crippen molar-refractivity contribution < 1.29 is 22.3 Å². The minimum absolute atomic E-state index is 0.167. The lowest BCUT2D eigenvalue weighted by Gasteiger charge is -2.17. The van der Waals surface area contributed by atoms with Crippen molar-refractivity contribution in [2.75, 3.05) is 13.2 Å². The maximum Gasteiger partial charge on any atom is 0.330 e. The molecule has 0 bridgehead atoms. The second kappa shape index (κ2) is 6.75. The maximum atomic E-state index is 12.7. The Balaban J connectivity index is 1.78. The zero-order chi connectivity index (χ0) is 15.5. The lowest BCUT2D eigenvalue weighted by molar-refractivity contribution is -0.166. The van der Waals surface area contributed by atoms with Gasteiger partial charge in [0.05, 0.1) is 6.61 Å². The van der Waals surface area contributed by atoms with Crippen molar-refractivity contribution in [3.05, 3.63) is 34.9 Å². The number of hydrogen-bond donors (Lipinski definition) is 1. The molecule has 1 aliphatic rings. The summed E-state index contributed by atoms with van der Waals surface area (Å²) < 4.78 is 53.8. The summed E-state index contributed by atoms with van der Waals surface area (Å²) in [4.78, 5) is 0. The second-order valence-corrected chi connectivity index (χ2v) is 5.50. The van der Waals surface area contributed by atoms with E-state index < -0.39 is 25.0 Å². The Morgan fingerprint density at radius 3 is 2.62 bits per heavy atom. The van der Waals surface area contributed by atoms with E-state index in [9.17, 15) is 17.6 Å². The van der Waals surface area contributed by atoms with Crippen LogP contribution in [0.15, 0.2) is 18.2 Å². The molecule has 0 fully saturated rings. The highest BCUT2D eigenvalue weighted by atomic mass is 19.3. The number of benzene rings is 1. The van der Waals surface area contributed by atoms with Crippen molar-refractivity contribution in [2.45, 2.75) is 44.1 Å². The van der Waals surface area contributed by atoms with E-state index in [4.69, 9.17) is 5.73 Å². The fourth-order valence-electron chi connectivity index (χ4n) is 2.52. The molecule has 2 rings (SSSR count). The number of hydrogen-bond acceptors (Lipinski definition) is 2. The van der Waals surface area contributed by atoms with Crippen LogP contribution in [0, 0.1) is 0 Å². The third kappa shape index (κ3) is 4.41. The van der Waals surface area contributed by atoms with Gasteiger partial charge in [-0.05, 0) is 42.4 Å². The molecule has 2 N–H and O–H groups in total. The Labute approximate surface area is 121 Å². The van der Waals surface area contributed by atoms with Crippen molar-refractivity contribution in [1.29, 1.82) is 0 Å². The fraction of sp³-hybridized carbons (Fsp3) is 0.600. The normalized spacial score (nSPS) is 16.3. The van der Waals surface area contributed by atoms with Crippen LogP contribution in [0.3, 0.4) is 0 Å². The van der Waals surface area contributed by atoms with E-state index >= 15 is 0 Å². The zero-order valence-corrected chi connectivity index (χ0v) is 11.6. The molecule has 0 aromatic heterocycles. The standard InChI is InChI=1S/C15H19F4NO/c16-14(17)15(18,19)9-21-8-13(20)7-10-4-5-11-2-1-3-12(11)6-10/h4-6,13-14H,1-3,7-9,20H2. The molecule has 6 heteroatoms. The van der Waals surface area contributed by atoms with Crippen LogP contribution >= 0.6 is 0 Å². The zero-order valence-electron chi connectivity index (χ0n) is 11.6. The number of halogens is 4. The van der Waals surface area contributed by atoms with Gasteiger partial charge >= 0.3 is 12.3 Å². The molecular weight excluding hydrogens is 286 g/mol. The molecular formula is C15H19F4NO. The Bertz CT molecular complexity index is 479. The van der Waals surface area contributed by atoms with Gasteiger partial charge < -0.3 is 10.5 Å². The summed E-state index contributed by atoms with van der Waals surface area (Å²) in [6.07, 6.45) is 0.0538. The monoisotopic (exact) mass is 305 g/mol. The van der Waals surface area contributed by atoms with Crippen LogP contribution in [-0.2, 0) is 24.0 Å². The van der Waals surface area contributed by atoms with Crippen molar-refractivity contribution >= 4 is 0 Å². The lowest BCUT2D eigenvalue weighted by Crippen LogP contribution is -2.36. The van der Waals surface area contributed by atoms with E-state index in [1.165, 1.54) is 11.1 Å². The van der Waals surface area contributed by atoms with Crippen molar-refractivity contribution in [3.63, 3.8) is 0 Å². The molecule has 1 unspecified atom stereocenters. The van der Waals surface area contributed by atoms with Gasteiger partial charge in [-0.25, -0.2) is 8.78 Å². The van der Waals surface area contributed by atoms with Crippen molar-refractivity contribution in [1.82, 2.24) is 0 Å². The highest BCUT2D eigenvalue weighted by molar-refractivity contribution is 5.35. The molecule has 1 aromatic carbocycles. The van der Waals surface area contributed by atoms with Crippen LogP contribution < -0.4 is 5.73 Å². The molecule has 0 heterocycles. The molecule has 0 saturated heterocycles. The lowest BCUT2D eigenvalue weighted by atomic mass is 10.0. The molecule has 21 heavy (non-hydrogen) atoms. The third-order valence-corrected chi connectivity index (χ3v) is 3.61. The maximum absolute atomic E-state index is 12.7. The van der Waals surface area contributed by atoms with Crippen LogP contribution in [0.25, 0.3) is 0 Å². The Morgan fingerprint density at radius 2 is 1.90 bits per heavy atom. The van der Waals surface area contributed by atoms with Gasteiger partial charge in [0.25, 0.3) is 0 Å². The van der Waals surface area contributed by atoms with Gasteiger partial charge in [-0.15, -0.1) is 0 Å². The van der Waals surface area contributed by atoms with Crippen molar-refractivity contribution in [3.8, 4) is 0 Å². The number of rotatable bonds is 7. The summed E-state index contributed by atoms with van der Waals surface area (Å²) in [5.41, 5.74) is 9.48. The molecule has 118 valence electrons. The molecule has 1 aliphatic carbocycles. The number of aryl methyl sites for hydroxylation is 2. The minimum Gasteiger partial charge on any atom is -0.373 e. The predicted octanol–water partition coefficient (Wildman–Crippen LogP) is 2.96. The first-order chi connectivity index (χ1) is 9.88. The molecule has 2 nitrogen and oxygen atoms in total. The van der Waals surface area contributed by atoms with Gasteiger partial charge in [-0.2, -0.15) is 8.78 Å². The summed E-state index contributed by atoms with van der Waals surface area (Å²) in [7, 11) is 0. The average Bonchev–Trinajstić information content (AvgIpc) is 2.85. The first-order valence-electron chi connectivity index (χ1n) is 6.98. The quantitative estimate of drug-likeness (QED) is 0.786. The molecule has 0 spiro atoms. The molecule has 1 atom stereocenters. The Hall–Kier alpha value is -1.14. The molecule has 0 amide bonds. The van der Waals surface area contributed by atoms with E-state index in [2.05, 4.69) is 16.9 Å². The van der Waals surface area contributed by atoms with Crippen LogP contribution in [0.4, 0.5) is 17.6 Å². The third-order valence-electron chi connectivity index (χ3n) is 3.61. The van der Waals surface area contributed by atoms with Gasteiger partial charge in [0, 0.05) is 6.04 Å². The summed E-state index contributed by atoms with van der Waals surface area (Å²) in [6, 6.07) is 5.63. The highest BCUT2D eigenvalue weighted by Gasteiger charge is 2.41. The topological polar surface area (TPSA) is 35.2 Å². The first-order valence-corrected chi connectivity index (χ1v) is 6.98. The van der Waals surface area contributed by atoms with Gasteiger partial charge in [-0.1, -0.05) is 18.2 Å². The first kappa shape index (κ1) is 16.2. The summed E-state index contributed by atoms with van der Waals surface area (Å²) in [5.74, 6) is -4.12. The van der Waals surface area contributed by atoms with E-state index in [0.717, 1.165) is 24.8 Å². The van der Waals surface area contributed by atoms with E-state index in [1.54, 1.807) is 0 Å². The van der Waals surface area contributed by atoms with Crippen LogP contribution in [0.1, 0.15) is 23.1 Å². The highest BCUT2D eigenvalue weighted by Crippen LogP contribution is 2.24. The number of alkyl halides is 4. The predicted molar refractivity (Wildman–Crippen MR) is 71.9 cm³/mol. The van der Waals surface area contributed by atoms with Gasteiger partial charge in [-0.3, -0.25) is 0 Å². The average molecular weight is 305 g/mol. The second-order valence-electron chi connectivity index (χ2n) is 5.50. The van der Waals surface area contributed by atoms with Crippen LogP contribution in [-0.4, -0.2) is 31.6 Å². The van der Waals surface area contributed by atoms with E-state index in [1.807, 2.05) is 6.07 Å². The van der Waals surface area contributed by atoms with E-state index in [-0.39, 0.29) is 6.61 Å². The molecule has 0 saturated carbocycles. The van der Waals surface area contributed by atoms with E-state index in [0.29, 0.717) is 6.42 Å². The number of ether oxygens (including phenoxy) is 1. The Morgan fingerprint density at radius 1 is 1.19 bits per heavy atom. The Kier molecular flexibility index (Phi) is 5.22. The van der Waals surface area contributed by atoms with Gasteiger partial charge in [0.2, 0.25) is 0 Å².